The SMILES string of the molecule is CC(CC12CC3CC(CC(C3)C1)C2)NCCC(=O)O. The van der Waals surface area contributed by atoms with E-state index in [-0.39, 0.29) is 6.42 Å². The van der Waals surface area contributed by atoms with E-state index in [1.165, 1.54) is 44.9 Å². The van der Waals surface area contributed by atoms with Crippen LogP contribution in [0.5, 0.6) is 0 Å². The molecule has 4 aliphatic rings. The van der Waals surface area contributed by atoms with Crippen molar-refractivity contribution in [3.05, 3.63) is 0 Å². The standard InChI is InChI=1S/C16H27NO2/c1-11(17-3-2-15(18)19)7-16-8-12-4-13(9-16)6-14(5-12)10-16/h11-14,17H,2-10H2,1H3,(H,18,19). The Hall–Kier alpha value is -0.570. The Morgan fingerprint density at radius 1 is 1.21 bits per heavy atom. The number of carboxylic acids is 1. The number of nitrogens with one attached hydrogen (secondary N) is 1. The van der Waals surface area contributed by atoms with Crippen molar-refractivity contribution in [2.24, 2.45) is 23.2 Å². The summed E-state index contributed by atoms with van der Waals surface area (Å²) in [5.41, 5.74) is 0.602. The van der Waals surface area contributed by atoms with E-state index in [2.05, 4.69) is 12.2 Å². The lowest BCUT2D eigenvalue weighted by Gasteiger charge is -2.57. The molecule has 3 heteroatoms. The molecule has 0 heterocycles. The fourth-order valence-corrected chi connectivity index (χ4v) is 5.69. The molecule has 0 saturated heterocycles. The molecule has 19 heavy (non-hydrogen) atoms. The number of aliphatic carboxylic acids is 1. The van der Waals surface area contributed by atoms with Gasteiger partial charge in [0.15, 0.2) is 0 Å². The minimum Gasteiger partial charge on any atom is -0.481 e. The number of hydrogen-bond acceptors (Lipinski definition) is 2. The van der Waals surface area contributed by atoms with Gasteiger partial charge in [0.05, 0.1) is 6.42 Å². The summed E-state index contributed by atoms with van der Waals surface area (Å²) < 4.78 is 0. The Morgan fingerprint density at radius 3 is 2.21 bits per heavy atom. The first-order valence-electron chi connectivity index (χ1n) is 8.00. The van der Waals surface area contributed by atoms with Crippen LogP contribution in [0.15, 0.2) is 0 Å². The molecule has 4 rings (SSSR count). The highest BCUT2D eigenvalue weighted by molar-refractivity contribution is 5.66. The molecule has 108 valence electrons. The topological polar surface area (TPSA) is 49.3 Å². The van der Waals surface area contributed by atoms with Crippen molar-refractivity contribution < 1.29 is 9.90 Å². The Balaban J connectivity index is 1.52. The second-order valence-electron chi connectivity index (χ2n) is 7.62. The van der Waals surface area contributed by atoms with E-state index in [1.807, 2.05) is 0 Å². The molecule has 1 unspecified atom stereocenters. The van der Waals surface area contributed by atoms with Crippen molar-refractivity contribution in [2.45, 2.75) is 64.3 Å². The molecule has 0 radical (unpaired) electrons. The summed E-state index contributed by atoms with van der Waals surface area (Å²) in [4.78, 5) is 10.6. The van der Waals surface area contributed by atoms with Crippen LogP contribution in [0.25, 0.3) is 0 Å². The quantitative estimate of drug-likeness (QED) is 0.776. The van der Waals surface area contributed by atoms with Crippen molar-refractivity contribution in [3.8, 4) is 0 Å². The Morgan fingerprint density at radius 2 is 1.74 bits per heavy atom. The van der Waals surface area contributed by atoms with E-state index in [0.29, 0.717) is 18.0 Å². The number of carboxylic acid groups (broad SMARTS) is 1. The van der Waals surface area contributed by atoms with Crippen LogP contribution in [-0.2, 0) is 4.79 Å². The van der Waals surface area contributed by atoms with E-state index >= 15 is 0 Å². The van der Waals surface area contributed by atoms with Gasteiger partial charge < -0.3 is 10.4 Å². The normalized spacial score (nSPS) is 41.4. The van der Waals surface area contributed by atoms with Gasteiger partial charge in [0.2, 0.25) is 0 Å². The van der Waals surface area contributed by atoms with E-state index in [9.17, 15) is 4.79 Å². The van der Waals surface area contributed by atoms with Crippen LogP contribution in [-0.4, -0.2) is 23.7 Å². The van der Waals surface area contributed by atoms with E-state index in [0.717, 1.165) is 17.8 Å². The van der Waals surface area contributed by atoms with Gasteiger partial charge in [-0.15, -0.1) is 0 Å². The first-order valence-corrected chi connectivity index (χ1v) is 8.00. The Kier molecular flexibility index (Phi) is 3.59. The van der Waals surface area contributed by atoms with Crippen LogP contribution in [0.3, 0.4) is 0 Å². The Labute approximate surface area is 116 Å². The summed E-state index contributed by atoms with van der Waals surface area (Å²) in [5.74, 6) is 2.34. The van der Waals surface area contributed by atoms with Gasteiger partial charge >= 0.3 is 5.97 Å². The van der Waals surface area contributed by atoms with Gasteiger partial charge in [0.25, 0.3) is 0 Å². The van der Waals surface area contributed by atoms with Gasteiger partial charge in [-0.05, 0) is 75.0 Å². The monoisotopic (exact) mass is 265 g/mol. The fourth-order valence-electron chi connectivity index (χ4n) is 5.69. The molecule has 4 fully saturated rings. The first kappa shape index (κ1) is 13.4. The minimum atomic E-state index is -0.700. The molecule has 0 aromatic rings. The molecular formula is C16H27NO2. The second-order valence-corrected chi connectivity index (χ2v) is 7.62. The van der Waals surface area contributed by atoms with Gasteiger partial charge in [0.1, 0.15) is 0 Å². The first-order chi connectivity index (χ1) is 9.05. The number of carbonyl (C=O) groups is 1. The third-order valence-corrected chi connectivity index (χ3v) is 5.74. The highest BCUT2D eigenvalue weighted by Crippen LogP contribution is 2.61. The summed E-state index contributed by atoms with van der Waals surface area (Å²) in [6.45, 7) is 2.85. The van der Waals surface area contributed by atoms with Gasteiger partial charge in [-0.25, -0.2) is 0 Å². The smallest absolute Gasteiger partial charge is 0.304 e. The van der Waals surface area contributed by atoms with Crippen molar-refractivity contribution in [1.29, 1.82) is 0 Å². The van der Waals surface area contributed by atoms with E-state index in [1.54, 1.807) is 0 Å². The molecule has 0 aliphatic heterocycles. The lowest BCUT2D eigenvalue weighted by atomic mass is 9.48. The van der Waals surface area contributed by atoms with Gasteiger partial charge in [0, 0.05) is 12.6 Å². The van der Waals surface area contributed by atoms with Crippen LogP contribution in [0.4, 0.5) is 0 Å². The van der Waals surface area contributed by atoms with Crippen LogP contribution in [0, 0.1) is 23.2 Å². The van der Waals surface area contributed by atoms with Crippen LogP contribution in [0.1, 0.15) is 58.3 Å². The zero-order valence-corrected chi connectivity index (χ0v) is 12.0. The predicted octanol–water partition coefficient (Wildman–Crippen LogP) is 3.05. The Bertz CT molecular complexity index is 317. The van der Waals surface area contributed by atoms with E-state index < -0.39 is 5.97 Å². The molecule has 0 amide bonds. The molecule has 4 saturated carbocycles. The summed E-state index contributed by atoms with van der Waals surface area (Å²) >= 11 is 0. The third kappa shape index (κ3) is 2.96. The summed E-state index contributed by atoms with van der Waals surface area (Å²) in [7, 11) is 0. The zero-order valence-electron chi connectivity index (χ0n) is 12.0. The minimum absolute atomic E-state index is 0.241. The van der Waals surface area contributed by atoms with Crippen LogP contribution in [0.2, 0.25) is 0 Å². The molecule has 0 aromatic carbocycles. The average molecular weight is 265 g/mol. The van der Waals surface area contributed by atoms with Crippen molar-refractivity contribution in [2.75, 3.05) is 6.54 Å². The number of rotatable bonds is 6. The molecule has 4 bridgehead atoms. The lowest BCUT2D eigenvalue weighted by Crippen LogP contribution is -2.48. The molecule has 1 atom stereocenters. The molecular weight excluding hydrogens is 238 g/mol. The highest BCUT2D eigenvalue weighted by atomic mass is 16.4. The molecule has 3 nitrogen and oxygen atoms in total. The van der Waals surface area contributed by atoms with Gasteiger partial charge in [-0.3, -0.25) is 4.79 Å². The van der Waals surface area contributed by atoms with Crippen molar-refractivity contribution >= 4 is 5.97 Å². The summed E-state index contributed by atoms with van der Waals surface area (Å²) in [5, 5.41) is 12.1. The zero-order chi connectivity index (χ0) is 13.5. The summed E-state index contributed by atoms with van der Waals surface area (Å²) in [6.07, 6.45) is 10.3. The fraction of sp³-hybridized carbons (Fsp3) is 0.938. The van der Waals surface area contributed by atoms with Crippen molar-refractivity contribution in [3.63, 3.8) is 0 Å². The summed E-state index contributed by atoms with van der Waals surface area (Å²) in [6, 6.07) is 0.468. The number of hydrogen-bond donors (Lipinski definition) is 2. The second kappa shape index (κ2) is 5.08. The largest absolute Gasteiger partial charge is 0.481 e. The van der Waals surface area contributed by atoms with Gasteiger partial charge in [-0.2, -0.15) is 0 Å². The maximum atomic E-state index is 10.6. The molecule has 2 N–H and O–H groups in total. The maximum Gasteiger partial charge on any atom is 0.304 e. The highest BCUT2D eigenvalue weighted by Gasteiger charge is 2.50. The van der Waals surface area contributed by atoms with Crippen LogP contribution >= 0.6 is 0 Å². The lowest BCUT2D eigenvalue weighted by molar-refractivity contribution is -0.136. The van der Waals surface area contributed by atoms with Crippen molar-refractivity contribution in [1.82, 2.24) is 5.32 Å². The maximum absolute atomic E-state index is 10.6. The molecule has 0 spiro atoms. The third-order valence-electron chi connectivity index (χ3n) is 5.74. The predicted molar refractivity (Wildman–Crippen MR) is 74.9 cm³/mol. The van der Waals surface area contributed by atoms with Crippen LogP contribution < -0.4 is 5.32 Å². The molecule has 0 aromatic heterocycles. The van der Waals surface area contributed by atoms with E-state index in [4.69, 9.17) is 5.11 Å². The molecule has 4 aliphatic carbocycles. The average Bonchev–Trinajstić information content (AvgIpc) is 2.25. The van der Waals surface area contributed by atoms with Gasteiger partial charge in [-0.1, -0.05) is 0 Å².